The smallest absolute Gasteiger partial charge is 0.191 e. The number of hydrogen-bond donors (Lipinski definition) is 2. The van der Waals surface area contributed by atoms with Gasteiger partial charge in [-0.1, -0.05) is 18.2 Å². The first kappa shape index (κ1) is 24.0. The van der Waals surface area contributed by atoms with E-state index in [0.29, 0.717) is 12.5 Å². The predicted molar refractivity (Wildman–Crippen MR) is 134 cm³/mol. The zero-order chi connectivity index (χ0) is 19.8. The second-order valence-electron chi connectivity index (χ2n) is 7.42. The van der Waals surface area contributed by atoms with Crippen LogP contribution in [0.15, 0.2) is 40.7 Å². The zero-order valence-electron chi connectivity index (χ0n) is 17.6. The van der Waals surface area contributed by atoms with Gasteiger partial charge in [0.25, 0.3) is 0 Å². The molecule has 1 saturated heterocycles. The molecule has 1 aliphatic rings. The minimum Gasteiger partial charge on any atom is -0.496 e. The van der Waals surface area contributed by atoms with Crippen LogP contribution in [0.5, 0.6) is 5.75 Å². The fraction of sp³-hybridized carbons (Fsp3) is 0.500. The SMILES string of the molecule is CN=C(NCc1ccc(C)cc1OC)NCC1CCN(Cc2cccs2)CC1.I. The summed E-state index contributed by atoms with van der Waals surface area (Å²) in [5, 5.41) is 9.07. The Morgan fingerprint density at radius 3 is 2.69 bits per heavy atom. The molecule has 0 unspecified atom stereocenters. The molecule has 1 aliphatic heterocycles. The topological polar surface area (TPSA) is 48.9 Å². The quantitative estimate of drug-likeness (QED) is 0.321. The Hall–Kier alpha value is -1.32. The number of hydrogen-bond acceptors (Lipinski definition) is 4. The maximum absolute atomic E-state index is 5.49. The third-order valence-electron chi connectivity index (χ3n) is 5.34. The van der Waals surface area contributed by atoms with Gasteiger partial charge in [-0.3, -0.25) is 9.89 Å². The van der Waals surface area contributed by atoms with E-state index < -0.39 is 0 Å². The van der Waals surface area contributed by atoms with Crippen LogP contribution in [-0.2, 0) is 13.1 Å². The lowest BCUT2D eigenvalue weighted by molar-refractivity contribution is 0.179. The van der Waals surface area contributed by atoms with Crippen molar-refractivity contribution in [2.75, 3.05) is 33.8 Å². The van der Waals surface area contributed by atoms with Crippen molar-refractivity contribution in [2.45, 2.75) is 32.9 Å². The van der Waals surface area contributed by atoms with Crippen LogP contribution in [0.1, 0.15) is 28.8 Å². The van der Waals surface area contributed by atoms with Crippen molar-refractivity contribution in [3.63, 3.8) is 0 Å². The van der Waals surface area contributed by atoms with Gasteiger partial charge in [0.2, 0.25) is 0 Å². The summed E-state index contributed by atoms with van der Waals surface area (Å²) in [6.07, 6.45) is 2.47. The van der Waals surface area contributed by atoms with E-state index in [1.165, 1.54) is 36.4 Å². The minimum atomic E-state index is 0. The van der Waals surface area contributed by atoms with E-state index in [9.17, 15) is 0 Å². The van der Waals surface area contributed by atoms with E-state index >= 15 is 0 Å². The summed E-state index contributed by atoms with van der Waals surface area (Å²) in [5.41, 5.74) is 2.34. The maximum atomic E-state index is 5.49. The number of benzene rings is 1. The lowest BCUT2D eigenvalue weighted by Gasteiger charge is -2.32. The summed E-state index contributed by atoms with van der Waals surface area (Å²) in [4.78, 5) is 8.40. The van der Waals surface area contributed by atoms with Gasteiger partial charge < -0.3 is 15.4 Å². The summed E-state index contributed by atoms with van der Waals surface area (Å²) in [7, 11) is 3.54. The van der Waals surface area contributed by atoms with Gasteiger partial charge in [-0.2, -0.15) is 0 Å². The van der Waals surface area contributed by atoms with Gasteiger partial charge >= 0.3 is 0 Å². The average Bonchev–Trinajstić information content (AvgIpc) is 3.23. The normalized spacial score (nSPS) is 15.6. The van der Waals surface area contributed by atoms with E-state index in [0.717, 1.165) is 30.4 Å². The summed E-state index contributed by atoms with van der Waals surface area (Å²) in [5.74, 6) is 2.47. The number of likely N-dealkylation sites (tertiary alicyclic amines) is 1. The second kappa shape index (κ2) is 12.4. The standard InChI is InChI=1S/C22H32N4OS.HI/c1-17-6-7-19(21(13-17)27-3)15-25-22(23-2)24-14-18-8-10-26(11-9-18)16-20-5-4-12-28-20;/h4-7,12-13,18H,8-11,14-16H2,1-3H3,(H2,23,24,25);1H. The molecule has 29 heavy (non-hydrogen) atoms. The van der Waals surface area contributed by atoms with Gasteiger partial charge in [0.1, 0.15) is 5.75 Å². The summed E-state index contributed by atoms with van der Waals surface area (Å²) < 4.78 is 5.49. The molecule has 0 spiro atoms. The highest BCUT2D eigenvalue weighted by atomic mass is 127. The molecule has 1 fully saturated rings. The third kappa shape index (κ3) is 7.46. The van der Waals surface area contributed by atoms with Crippen molar-refractivity contribution in [3.05, 3.63) is 51.7 Å². The number of piperidine rings is 1. The van der Waals surface area contributed by atoms with E-state index in [-0.39, 0.29) is 24.0 Å². The van der Waals surface area contributed by atoms with Crippen LogP contribution in [-0.4, -0.2) is 44.7 Å². The molecule has 0 atom stereocenters. The molecule has 2 N–H and O–H groups in total. The Labute approximate surface area is 196 Å². The highest BCUT2D eigenvalue weighted by Crippen LogP contribution is 2.21. The van der Waals surface area contributed by atoms with Crippen molar-refractivity contribution in [2.24, 2.45) is 10.9 Å². The second-order valence-corrected chi connectivity index (χ2v) is 8.45. The number of nitrogens with zero attached hydrogens (tertiary/aromatic N) is 2. The monoisotopic (exact) mass is 528 g/mol. The molecular weight excluding hydrogens is 495 g/mol. The minimum absolute atomic E-state index is 0. The molecule has 0 saturated carbocycles. The van der Waals surface area contributed by atoms with Gasteiger partial charge in [0.15, 0.2) is 5.96 Å². The maximum Gasteiger partial charge on any atom is 0.191 e. The van der Waals surface area contributed by atoms with Crippen molar-refractivity contribution in [1.29, 1.82) is 0 Å². The van der Waals surface area contributed by atoms with E-state index in [4.69, 9.17) is 4.74 Å². The molecule has 3 rings (SSSR count). The van der Waals surface area contributed by atoms with E-state index in [1.54, 1.807) is 7.11 Å². The first-order chi connectivity index (χ1) is 13.7. The lowest BCUT2D eigenvalue weighted by atomic mass is 9.97. The van der Waals surface area contributed by atoms with Crippen LogP contribution in [0.4, 0.5) is 0 Å². The molecule has 2 aromatic rings. The number of halogens is 1. The highest BCUT2D eigenvalue weighted by Gasteiger charge is 2.19. The molecule has 0 aliphatic carbocycles. The number of thiophene rings is 1. The van der Waals surface area contributed by atoms with Crippen LogP contribution < -0.4 is 15.4 Å². The van der Waals surface area contributed by atoms with Crippen molar-refractivity contribution in [3.8, 4) is 5.75 Å². The van der Waals surface area contributed by atoms with E-state index in [2.05, 4.69) is 63.2 Å². The van der Waals surface area contributed by atoms with Gasteiger partial charge in [-0.15, -0.1) is 35.3 Å². The number of aryl methyl sites for hydroxylation is 1. The molecule has 5 nitrogen and oxygen atoms in total. The summed E-state index contributed by atoms with van der Waals surface area (Å²) in [6.45, 7) is 7.19. The van der Waals surface area contributed by atoms with Crippen LogP contribution in [0.3, 0.4) is 0 Å². The molecule has 7 heteroatoms. The van der Waals surface area contributed by atoms with Crippen molar-refractivity contribution < 1.29 is 4.74 Å². The summed E-state index contributed by atoms with van der Waals surface area (Å²) in [6, 6.07) is 10.7. The fourth-order valence-corrected chi connectivity index (χ4v) is 4.36. The Morgan fingerprint density at radius 1 is 1.24 bits per heavy atom. The van der Waals surface area contributed by atoms with Crippen molar-refractivity contribution >= 4 is 41.3 Å². The highest BCUT2D eigenvalue weighted by molar-refractivity contribution is 14.0. The Kier molecular flexibility index (Phi) is 10.2. The van der Waals surface area contributed by atoms with Gasteiger partial charge in [-0.25, -0.2) is 0 Å². The number of nitrogens with one attached hydrogen (secondary N) is 2. The number of aliphatic imine (C=N–C) groups is 1. The number of rotatable bonds is 7. The van der Waals surface area contributed by atoms with E-state index in [1.807, 2.05) is 18.4 Å². The Balaban J connectivity index is 0.00000300. The first-order valence-electron chi connectivity index (χ1n) is 10.0. The number of guanidine groups is 1. The van der Waals surface area contributed by atoms with Gasteiger partial charge in [0.05, 0.1) is 7.11 Å². The fourth-order valence-electron chi connectivity index (χ4n) is 3.61. The van der Waals surface area contributed by atoms with Crippen molar-refractivity contribution in [1.82, 2.24) is 15.5 Å². The molecule has 1 aromatic carbocycles. The van der Waals surface area contributed by atoms with Gasteiger partial charge in [0, 0.05) is 37.1 Å². The van der Waals surface area contributed by atoms with Crippen LogP contribution in [0.2, 0.25) is 0 Å². The predicted octanol–water partition coefficient (Wildman–Crippen LogP) is 4.26. The molecule has 0 amide bonds. The number of ether oxygens (including phenoxy) is 1. The largest absolute Gasteiger partial charge is 0.496 e. The first-order valence-corrected chi connectivity index (χ1v) is 10.9. The molecule has 2 heterocycles. The molecule has 1 aromatic heterocycles. The Morgan fingerprint density at radius 2 is 2.03 bits per heavy atom. The summed E-state index contributed by atoms with van der Waals surface area (Å²) >= 11 is 1.85. The lowest BCUT2D eigenvalue weighted by Crippen LogP contribution is -2.42. The third-order valence-corrected chi connectivity index (χ3v) is 6.20. The Bertz CT molecular complexity index is 758. The van der Waals surface area contributed by atoms with Crippen LogP contribution in [0.25, 0.3) is 0 Å². The average molecular weight is 529 g/mol. The molecule has 160 valence electrons. The van der Waals surface area contributed by atoms with Crippen LogP contribution in [0, 0.1) is 12.8 Å². The molecule has 0 bridgehead atoms. The zero-order valence-corrected chi connectivity index (χ0v) is 20.8. The number of methoxy groups -OCH3 is 1. The molecule has 0 radical (unpaired) electrons. The van der Waals surface area contributed by atoms with Crippen LogP contribution >= 0.6 is 35.3 Å². The van der Waals surface area contributed by atoms with Gasteiger partial charge in [-0.05, 0) is 61.8 Å². The molecular formula is C22H33IN4OS.